The predicted molar refractivity (Wildman–Crippen MR) is 100 cm³/mol. The van der Waals surface area contributed by atoms with Gasteiger partial charge in [0, 0.05) is 17.8 Å². The Kier molecular flexibility index (Phi) is 4.76. The minimum atomic E-state index is -2.92. The Labute approximate surface area is 163 Å². The van der Waals surface area contributed by atoms with Gasteiger partial charge in [0.1, 0.15) is 24.6 Å². The second kappa shape index (κ2) is 7.13. The molecule has 0 aliphatic heterocycles. The third-order valence-electron chi connectivity index (χ3n) is 5.37. The van der Waals surface area contributed by atoms with Crippen LogP contribution in [0, 0.1) is 5.82 Å². The van der Waals surface area contributed by atoms with Crippen LogP contribution in [0.2, 0.25) is 0 Å². The smallest absolute Gasteiger partial charge is 0.266 e. The van der Waals surface area contributed by atoms with Crippen LogP contribution >= 0.6 is 0 Å². The molecule has 1 atom stereocenters. The molecule has 0 bridgehead atoms. The maximum absolute atomic E-state index is 14.5. The van der Waals surface area contributed by atoms with Crippen LogP contribution in [-0.2, 0) is 5.54 Å². The van der Waals surface area contributed by atoms with E-state index in [2.05, 4.69) is 15.3 Å². The van der Waals surface area contributed by atoms with Crippen LogP contribution in [0.4, 0.5) is 23.4 Å². The molecule has 5 nitrogen and oxygen atoms in total. The Morgan fingerprint density at radius 1 is 1.24 bits per heavy atom. The molecule has 1 N–H and O–H groups in total. The minimum absolute atomic E-state index is 0.0605. The Balaban J connectivity index is 1.74. The van der Waals surface area contributed by atoms with Crippen molar-refractivity contribution in [3.05, 3.63) is 64.1 Å². The van der Waals surface area contributed by atoms with Crippen LogP contribution in [0.5, 0.6) is 0 Å². The lowest BCUT2D eigenvalue weighted by atomic mass is 10.0. The molecule has 0 amide bonds. The number of nitrogens with one attached hydrogen (secondary N) is 1. The lowest BCUT2D eigenvalue weighted by Gasteiger charge is -2.19. The van der Waals surface area contributed by atoms with Gasteiger partial charge in [0.15, 0.2) is 0 Å². The van der Waals surface area contributed by atoms with E-state index in [-0.39, 0.29) is 11.1 Å². The van der Waals surface area contributed by atoms with Crippen molar-refractivity contribution in [2.75, 3.05) is 12.0 Å². The van der Waals surface area contributed by atoms with E-state index in [0.29, 0.717) is 29.6 Å². The first-order valence-corrected chi connectivity index (χ1v) is 9.13. The van der Waals surface area contributed by atoms with Gasteiger partial charge >= 0.3 is 0 Å². The number of fused-ring (bicyclic) bond motifs is 1. The van der Waals surface area contributed by atoms with Gasteiger partial charge in [0.2, 0.25) is 0 Å². The second-order valence-corrected chi connectivity index (χ2v) is 7.28. The number of rotatable bonds is 6. The van der Waals surface area contributed by atoms with E-state index in [1.54, 1.807) is 6.92 Å². The Morgan fingerprint density at radius 3 is 2.62 bits per heavy atom. The Bertz CT molecular complexity index is 1130. The highest BCUT2D eigenvalue weighted by atomic mass is 19.3. The van der Waals surface area contributed by atoms with Crippen LogP contribution < -0.4 is 10.9 Å². The van der Waals surface area contributed by atoms with E-state index in [4.69, 9.17) is 0 Å². The van der Waals surface area contributed by atoms with Crippen molar-refractivity contribution < 1.29 is 17.6 Å². The van der Waals surface area contributed by atoms with Gasteiger partial charge in [-0.05, 0) is 19.8 Å². The molecule has 0 radical (unpaired) electrons. The molecule has 152 valence electrons. The fourth-order valence-corrected chi connectivity index (χ4v) is 3.45. The number of benzene rings is 1. The van der Waals surface area contributed by atoms with Crippen molar-refractivity contribution in [1.29, 1.82) is 0 Å². The first kappa shape index (κ1) is 19.4. The number of hydrogen-bond acceptors (Lipinski definition) is 4. The fraction of sp³-hybridized carbons (Fsp3) is 0.350. The third kappa shape index (κ3) is 3.34. The summed E-state index contributed by atoms with van der Waals surface area (Å²) < 4.78 is 55.3. The first-order valence-electron chi connectivity index (χ1n) is 9.13. The Hall–Kier alpha value is -2.97. The SMILES string of the molecule is CC(Nc1ncnc2cc(=O)n(C3(CF)CC3)cc12)c1cccc(C(F)F)c1F. The van der Waals surface area contributed by atoms with E-state index in [0.717, 1.165) is 6.07 Å². The van der Waals surface area contributed by atoms with Crippen LogP contribution in [0.15, 0.2) is 41.6 Å². The molecular formula is C20H18F4N4O. The number of hydrogen-bond donors (Lipinski definition) is 1. The Morgan fingerprint density at radius 2 is 1.97 bits per heavy atom. The molecule has 9 heteroatoms. The average molecular weight is 406 g/mol. The number of pyridine rings is 1. The van der Waals surface area contributed by atoms with Gasteiger partial charge in [-0.2, -0.15) is 0 Å². The van der Waals surface area contributed by atoms with Crippen molar-refractivity contribution in [3.63, 3.8) is 0 Å². The number of alkyl halides is 3. The molecule has 2 aromatic heterocycles. The van der Waals surface area contributed by atoms with Crippen LogP contribution in [0.25, 0.3) is 10.9 Å². The molecule has 4 rings (SSSR count). The molecule has 3 aromatic rings. The van der Waals surface area contributed by atoms with Crippen molar-refractivity contribution in [3.8, 4) is 0 Å². The number of nitrogens with zero attached hydrogens (tertiary/aromatic N) is 3. The summed E-state index contributed by atoms with van der Waals surface area (Å²) in [5.41, 5.74) is -1.45. The van der Waals surface area contributed by atoms with Gasteiger partial charge in [-0.1, -0.05) is 18.2 Å². The first-order chi connectivity index (χ1) is 13.9. The van der Waals surface area contributed by atoms with E-state index in [1.165, 1.54) is 35.3 Å². The monoisotopic (exact) mass is 406 g/mol. The molecule has 1 aliphatic carbocycles. The molecule has 2 heterocycles. The van der Waals surface area contributed by atoms with Gasteiger partial charge in [-0.3, -0.25) is 4.79 Å². The average Bonchev–Trinajstić information content (AvgIpc) is 3.48. The largest absolute Gasteiger partial charge is 0.363 e. The quantitative estimate of drug-likeness (QED) is 0.613. The lowest BCUT2D eigenvalue weighted by molar-refractivity contribution is 0.146. The van der Waals surface area contributed by atoms with E-state index in [9.17, 15) is 22.4 Å². The molecule has 1 aliphatic rings. The van der Waals surface area contributed by atoms with E-state index >= 15 is 0 Å². The standard InChI is InChI=1S/C20H18F4N4O/c1-11(12-3-2-4-13(17(12)22)18(23)24)27-19-14-8-28(20(9-21)5-6-20)16(29)7-15(14)25-10-26-19/h2-4,7-8,10-11,18H,5-6,9H2,1H3,(H,25,26,27). The van der Waals surface area contributed by atoms with Crippen molar-refractivity contribution in [2.45, 2.75) is 37.8 Å². The maximum Gasteiger partial charge on any atom is 0.266 e. The molecule has 1 aromatic carbocycles. The molecule has 1 fully saturated rings. The summed E-state index contributed by atoms with van der Waals surface area (Å²) in [6.07, 6.45) is 0.952. The zero-order valence-corrected chi connectivity index (χ0v) is 15.5. The van der Waals surface area contributed by atoms with Crippen LogP contribution in [-0.4, -0.2) is 21.2 Å². The zero-order chi connectivity index (χ0) is 20.8. The molecule has 1 unspecified atom stereocenters. The molecule has 0 spiro atoms. The molecular weight excluding hydrogens is 388 g/mol. The molecule has 0 saturated heterocycles. The van der Waals surface area contributed by atoms with E-state index < -0.39 is 36.1 Å². The van der Waals surface area contributed by atoms with Gasteiger partial charge in [0.05, 0.1) is 28.0 Å². The minimum Gasteiger partial charge on any atom is -0.363 e. The lowest BCUT2D eigenvalue weighted by Crippen LogP contribution is -2.31. The van der Waals surface area contributed by atoms with E-state index in [1.807, 2.05) is 0 Å². The van der Waals surface area contributed by atoms with Gasteiger partial charge in [-0.25, -0.2) is 27.5 Å². The van der Waals surface area contributed by atoms with Gasteiger partial charge in [-0.15, -0.1) is 0 Å². The van der Waals surface area contributed by atoms with Gasteiger partial charge in [0.25, 0.3) is 12.0 Å². The highest BCUT2D eigenvalue weighted by Gasteiger charge is 2.45. The normalized spacial score (nSPS) is 16.2. The highest BCUT2D eigenvalue weighted by molar-refractivity contribution is 5.88. The number of halogens is 4. The van der Waals surface area contributed by atoms with Crippen molar-refractivity contribution >= 4 is 16.7 Å². The molecule has 1 saturated carbocycles. The van der Waals surface area contributed by atoms with Gasteiger partial charge < -0.3 is 9.88 Å². The topological polar surface area (TPSA) is 59.8 Å². The number of anilines is 1. The predicted octanol–water partition coefficient (Wildman–Crippen LogP) is 4.50. The second-order valence-electron chi connectivity index (χ2n) is 7.28. The summed E-state index contributed by atoms with van der Waals surface area (Å²) in [7, 11) is 0. The summed E-state index contributed by atoms with van der Waals surface area (Å²) in [6, 6.07) is 4.44. The van der Waals surface area contributed by atoms with Crippen LogP contribution in [0.3, 0.4) is 0 Å². The summed E-state index contributed by atoms with van der Waals surface area (Å²) >= 11 is 0. The third-order valence-corrected chi connectivity index (χ3v) is 5.37. The fourth-order valence-electron chi connectivity index (χ4n) is 3.45. The number of aromatic nitrogens is 3. The van der Waals surface area contributed by atoms with Crippen molar-refractivity contribution in [2.24, 2.45) is 0 Å². The zero-order valence-electron chi connectivity index (χ0n) is 15.5. The maximum atomic E-state index is 14.5. The summed E-state index contributed by atoms with van der Waals surface area (Å²) in [5, 5.41) is 3.46. The molecule has 29 heavy (non-hydrogen) atoms. The summed E-state index contributed by atoms with van der Waals surface area (Å²) in [5.74, 6) is -0.681. The summed E-state index contributed by atoms with van der Waals surface area (Å²) in [4.78, 5) is 20.6. The summed E-state index contributed by atoms with van der Waals surface area (Å²) in [6.45, 7) is 0.957. The van der Waals surface area contributed by atoms with Crippen LogP contribution in [0.1, 0.15) is 43.4 Å². The highest BCUT2D eigenvalue weighted by Crippen LogP contribution is 2.43. The van der Waals surface area contributed by atoms with Crippen molar-refractivity contribution in [1.82, 2.24) is 14.5 Å².